The van der Waals surface area contributed by atoms with Crippen molar-refractivity contribution in [3.8, 4) is 0 Å². The molecule has 3 heteroatoms. The van der Waals surface area contributed by atoms with Gasteiger partial charge in [-0.25, -0.2) is 0 Å². The number of aryl methyl sites for hydroxylation is 1. The topological polar surface area (TPSA) is 24.8 Å². The van der Waals surface area contributed by atoms with Crippen LogP contribution in [-0.4, -0.2) is 29.7 Å². The van der Waals surface area contributed by atoms with E-state index in [1.807, 2.05) is 6.07 Å². The molecular weight excluding hydrogens is 308 g/mol. The molecule has 130 valence electrons. The van der Waals surface area contributed by atoms with Crippen LogP contribution in [0.4, 0.5) is 0 Å². The summed E-state index contributed by atoms with van der Waals surface area (Å²) in [6, 6.07) is 20.2. The van der Waals surface area contributed by atoms with Crippen LogP contribution in [0.5, 0.6) is 0 Å². The van der Waals surface area contributed by atoms with Crippen molar-refractivity contribution >= 4 is 5.71 Å². The molecule has 0 aromatic heterocycles. The van der Waals surface area contributed by atoms with Gasteiger partial charge in [-0.05, 0) is 37.9 Å². The van der Waals surface area contributed by atoms with Gasteiger partial charge in [-0.1, -0.05) is 65.3 Å². The van der Waals surface area contributed by atoms with Crippen molar-refractivity contribution in [1.29, 1.82) is 0 Å². The van der Waals surface area contributed by atoms with Crippen LogP contribution >= 0.6 is 0 Å². The Bertz CT molecular complexity index is 722. The highest BCUT2D eigenvalue weighted by atomic mass is 16.6. The van der Waals surface area contributed by atoms with Gasteiger partial charge in [-0.3, -0.25) is 4.90 Å². The monoisotopic (exact) mass is 334 g/mol. The molecule has 0 spiro atoms. The first-order chi connectivity index (χ1) is 12.2. The first-order valence-electron chi connectivity index (χ1n) is 9.25. The van der Waals surface area contributed by atoms with Gasteiger partial charge in [0.15, 0.2) is 6.10 Å². The maximum absolute atomic E-state index is 6.12. The van der Waals surface area contributed by atoms with Gasteiger partial charge in [-0.15, -0.1) is 0 Å². The molecule has 2 bridgehead atoms. The van der Waals surface area contributed by atoms with Crippen molar-refractivity contribution in [2.24, 2.45) is 5.16 Å². The van der Waals surface area contributed by atoms with E-state index in [1.54, 1.807) is 0 Å². The van der Waals surface area contributed by atoms with E-state index in [-0.39, 0.29) is 6.10 Å². The molecule has 2 aliphatic rings. The fourth-order valence-corrected chi connectivity index (χ4v) is 4.09. The van der Waals surface area contributed by atoms with Crippen LogP contribution in [0.2, 0.25) is 0 Å². The molecule has 0 aliphatic carbocycles. The molecule has 0 saturated carbocycles. The summed E-state index contributed by atoms with van der Waals surface area (Å²) < 4.78 is 0. The van der Waals surface area contributed by atoms with Gasteiger partial charge in [0.2, 0.25) is 0 Å². The number of oxime groups is 1. The summed E-state index contributed by atoms with van der Waals surface area (Å²) in [4.78, 5) is 8.64. The number of benzene rings is 2. The van der Waals surface area contributed by atoms with Crippen molar-refractivity contribution < 1.29 is 4.84 Å². The molecule has 3 atom stereocenters. The Morgan fingerprint density at radius 1 is 0.920 bits per heavy atom. The van der Waals surface area contributed by atoms with Crippen LogP contribution in [0.25, 0.3) is 0 Å². The van der Waals surface area contributed by atoms with Crippen LogP contribution in [0.1, 0.15) is 48.5 Å². The summed E-state index contributed by atoms with van der Waals surface area (Å²) in [5.41, 5.74) is 4.77. The third kappa shape index (κ3) is 3.47. The third-order valence-corrected chi connectivity index (χ3v) is 5.70. The molecular formula is C22H26N2O. The van der Waals surface area contributed by atoms with E-state index in [4.69, 9.17) is 4.84 Å². The lowest BCUT2D eigenvalue weighted by atomic mass is 10.0. The molecule has 25 heavy (non-hydrogen) atoms. The van der Waals surface area contributed by atoms with Crippen LogP contribution < -0.4 is 0 Å². The summed E-state index contributed by atoms with van der Waals surface area (Å²) in [6.45, 7) is 2.11. The fraction of sp³-hybridized carbons (Fsp3) is 0.409. The van der Waals surface area contributed by atoms with Crippen molar-refractivity contribution in [3.63, 3.8) is 0 Å². The van der Waals surface area contributed by atoms with Gasteiger partial charge in [0.05, 0.1) is 5.71 Å². The number of piperidine rings is 1. The molecule has 2 heterocycles. The highest BCUT2D eigenvalue weighted by molar-refractivity contribution is 5.86. The predicted octanol–water partition coefficient (Wildman–Crippen LogP) is 4.71. The van der Waals surface area contributed by atoms with Crippen LogP contribution in [-0.2, 0) is 4.84 Å². The molecule has 2 aliphatic heterocycles. The van der Waals surface area contributed by atoms with Gasteiger partial charge >= 0.3 is 0 Å². The van der Waals surface area contributed by atoms with Gasteiger partial charge in [-0.2, -0.15) is 0 Å². The first-order valence-corrected chi connectivity index (χ1v) is 9.25. The zero-order chi connectivity index (χ0) is 17.2. The number of hydrogen-bond donors (Lipinski definition) is 0. The van der Waals surface area contributed by atoms with E-state index in [0.29, 0.717) is 12.1 Å². The number of fused-ring (bicyclic) bond motifs is 2. The average Bonchev–Trinajstić information content (AvgIpc) is 2.85. The predicted molar refractivity (Wildman–Crippen MR) is 102 cm³/mol. The molecule has 3 unspecified atom stereocenters. The summed E-state index contributed by atoms with van der Waals surface area (Å²) in [6.07, 6.45) is 4.53. The zero-order valence-corrected chi connectivity index (χ0v) is 15.1. The van der Waals surface area contributed by atoms with Crippen molar-refractivity contribution in [3.05, 3.63) is 71.3 Å². The molecule has 4 rings (SSSR count). The van der Waals surface area contributed by atoms with Crippen LogP contribution in [0.15, 0.2) is 59.8 Å². The van der Waals surface area contributed by atoms with E-state index >= 15 is 0 Å². The summed E-state index contributed by atoms with van der Waals surface area (Å²) in [7, 11) is 2.25. The lowest BCUT2D eigenvalue weighted by molar-refractivity contribution is 0.0839. The zero-order valence-electron chi connectivity index (χ0n) is 15.1. The minimum Gasteiger partial charge on any atom is -0.383 e. The first kappa shape index (κ1) is 16.3. The Hall–Kier alpha value is -2.13. The summed E-state index contributed by atoms with van der Waals surface area (Å²) in [5, 5.41) is 4.62. The number of hydrogen-bond acceptors (Lipinski definition) is 3. The lowest BCUT2D eigenvalue weighted by Crippen LogP contribution is -2.40. The Balaban J connectivity index is 1.57. The van der Waals surface area contributed by atoms with Crippen molar-refractivity contribution in [2.75, 3.05) is 7.05 Å². The quantitative estimate of drug-likeness (QED) is 0.756. The third-order valence-electron chi connectivity index (χ3n) is 5.70. The smallest absolute Gasteiger partial charge is 0.177 e. The van der Waals surface area contributed by atoms with Crippen molar-refractivity contribution in [2.45, 2.75) is 50.8 Å². The van der Waals surface area contributed by atoms with Crippen molar-refractivity contribution in [1.82, 2.24) is 4.90 Å². The largest absolute Gasteiger partial charge is 0.383 e. The second kappa shape index (κ2) is 7.01. The molecule has 0 radical (unpaired) electrons. The molecule has 2 fully saturated rings. The number of nitrogens with zero attached hydrogens (tertiary/aromatic N) is 2. The minimum absolute atomic E-state index is 0.147. The highest BCUT2D eigenvalue weighted by Gasteiger charge is 2.37. The molecule has 0 amide bonds. The molecule has 2 aromatic rings. The van der Waals surface area contributed by atoms with Crippen LogP contribution in [0.3, 0.4) is 0 Å². The van der Waals surface area contributed by atoms with Gasteiger partial charge < -0.3 is 4.84 Å². The summed E-state index contributed by atoms with van der Waals surface area (Å²) in [5.74, 6) is 0. The maximum Gasteiger partial charge on any atom is 0.177 e. The minimum atomic E-state index is -0.147. The van der Waals surface area contributed by atoms with Gasteiger partial charge in [0.1, 0.15) is 0 Å². The van der Waals surface area contributed by atoms with Gasteiger partial charge in [0.25, 0.3) is 0 Å². The average molecular weight is 334 g/mol. The molecule has 2 aromatic carbocycles. The fourth-order valence-electron chi connectivity index (χ4n) is 4.09. The van der Waals surface area contributed by atoms with E-state index < -0.39 is 0 Å². The van der Waals surface area contributed by atoms with E-state index in [0.717, 1.165) is 24.0 Å². The number of rotatable bonds is 4. The lowest BCUT2D eigenvalue weighted by Gasteiger charge is -2.31. The normalized spacial score (nSPS) is 24.2. The van der Waals surface area contributed by atoms with Crippen LogP contribution in [0, 0.1) is 6.92 Å². The SMILES string of the molecule is Cc1ccc(C(ON=C2CC3CCC(C2)N3C)c2ccccc2)cc1. The van der Waals surface area contributed by atoms with E-state index in [2.05, 4.69) is 72.6 Å². The van der Waals surface area contributed by atoms with E-state index in [1.165, 1.54) is 24.1 Å². The molecule has 0 N–H and O–H groups in total. The van der Waals surface area contributed by atoms with E-state index in [9.17, 15) is 0 Å². The highest BCUT2D eigenvalue weighted by Crippen LogP contribution is 2.34. The summed E-state index contributed by atoms with van der Waals surface area (Å²) >= 11 is 0. The Morgan fingerprint density at radius 2 is 1.52 bits per heavy atom. The van der Waals surface area contributed by atoms with Gasteiger partial charge in [0, 0.05) is 24.9 Å². The molecule has 2 saturated heterocycles. The standard InChI is InChI=1S/C22H26N2O/c1-16-8-10-18(11-9-16)22(17-6-4-3-5-7-17)25-23-19-14-20-12-13-21(15-19)24(20)2/h3-11,20-22H,12-15H2,1-2H3. The Kier molecular flexibility index (Phi) is 4.58. The second-order valence-electron chi connectivity index (χ2n) is 7.42. The second-order valence-corrected chi connectivity index (χ2v) is 7.42. The Morgan fingerprint density at radius 3 is 2.16 bits per heavy atom. The Labute approximate surface area is 150 Å². The maximum atomic E-state index is 6.12. The molecule has 3 nitrogen and oxygen atoms in total.